The molecule has 0 aliphatic carbocycles. The van der Waals surface area contributed by atoms with E-state index in [-0.39, 0.29) is 17.8 Å². The van der Waals surface area contributed by atoms with Crippen LogP contribution in [0.4, 0.5) is 15.8 Å². The molecule has 0 aromatic heterocycles. The number of carbonyl (C=O) groups excluding carboxylic acids is 1. The van der Waals surface area contributed by atoms with Gasteiger partial charge in [-0.3, -0.25) is 4.79 Å². The molecule has 0 aliphatic rings. The molecule has 2 aromatic carbocycles. The Labute approximate surface area is 124 Å². The van der Waals surface area contributed by atoms with Crippen LogP contribution >= 0.6 is 0 Å². The van der Waals surface area contributed by atoms with Gasteiger partial charge in [-0.15, -0.1) is 0 Å². The summed E-state index contributed by atoms with van der Waals surface area (Å²) < 4.78 is 13.6. The fourth-order valence-corrected chi connectivity index (χ4v) is 2.22. The average Bonchev–Trinajstić information content (AvgIpc) is 2.41. The van der Waals surface area contributed by atoms with E-state index in [2.05, 4.69) is 10.6 Å². The van der Waals surface area contributed by atoms with Gasteiger partial charge in [0.2, 0.25) is 5.91 Å². The number of benzene rings is 2. The number of amides is 1. The van der Waals surface area contributed by atoms with Crippen LogP contribution in [0.2, 0.25) is 0 Å². The van der Waals surface area contributed by atoms with Crippen molar-refractivity contribution in [3.8, 4) is 0 Å². The van der Waals surface area contributed by atoms with E-state index in [1.54, 1.807) is 12.1 Å². The Kier molecular flexibility index (Phi) is 4.93. The summed E-state index contributed by atoms with van der Waals surface area (Å²) in [6.45, 7) is 3.47. The third kappa shape index (κ3) is 4.60. The summed E-state index contributed by atoms with van der Waals surface area (Å²) in [6, 6.07) is 14.3. The summed E-state index contributed by atoms with van der Waals surface area (Å²) in [4.78, 5) is 11.1. The molecule has 0 radical (unpaired) electrons. The third-order valence-electron chi connectivity index (χ3n) is 3.08. The van der Waals surface area contributed by atoms with Crippen molar-refractivity contribution in [3.63, 3.8) is 0 Å². The van der Waals surface area contributed by atoms with Crippen molar-refractivity contribution in [3.05, 3.63) is 59.9 Å². The highest BCUT2D eigenvalue weighted by Gasteiger charge is 2.07. The van der Waals surface area contributed by atoms with E-state index in [0.29, 0.717) is 12.0 Å². The van der Waals surface area contributed by atoms with Crippen molar-refractivity contribution >= 4 is 17.3 Å². The Bertz CT molecular complexity index is 628. The lowest BCUT2D eigenvalue weighted by molar-refractivity contribution is -0.114. The van der Waals surface area contributed by atoms with Gasteiger partial charge in [-0.05, 0) is 43.2 Å². The molecule has 2 aromatic rings. The molecule has 0 bridgehead atoms. The molecule has 2 rings (SSSR count). The van der Waals surface area contributed by atoms with Crippen molar-refractivity contribution in [2.45, 2.75) is 26.3 Å². The summed E-state index contributed by atoms with van der Waals surface area (Å²) in [5.41, 5.74) is 2.33. The minimum atomic E-state index is -0.182. The lowest BCUT2D eigenvalue weighted by Gasteiger charge is -2.16. The van der Waals surface area contributed by atoms with Gasteiger partial charge in [0.25, 0.3) is 0 Å². The first-order valence-electron chi connectivity index (χ1n) is 6.92. The molecule has 2 N–H and O–H groups in total. The van der Waals surface area contributed by atoms with Crippen molar-refractivity contribution in [2.75, 3.05) is 10.6 Å². The normalized spacial score (nSPS) is 11.8. The maximum atomic E-state index is 13.6. The Hall–Kier alpha value is -2.36. The zero-order valence-corrected chi connectivity index (χ0v) is 12.2. The molecule has 0 aliphatic heterocycles. The molecule has 0 saturated carbocycles. The van der Waals surface area contributed by atoms with Gasteiger partial charge in [-0.2, -0.15) is 0 Å². The first-order valence-corrected chi connectivity index (χ1v) is 6.92. The topological polar surface area (TPSA) is 41.1 Å². The van der Waals surface area contributed by atoms with Crippen LogP contribution in [0.5, 0.6) is 0 Å². The van der Waals surface area contributed by atoms with Crippen LogP contribution in [0.1, 0.15) is 19.4 Å². The predicted molar refractivity (Wildman–Crippen MR) is 83.9 cm³/mol. The fraction of sp³-hybridized carbons (Fsp3) is 0.235. The lowest BCUT2D eigenvalue weighted by atomic mass is 10.1. The molecule has 1 amide bonds. The summed E-state index contributed by atoms with van der Waals surface area (Å²) in [5, 5.41) is 6.05. The predicted octanol–water partition coefficient (Wildman–Crippen LogP) is 3.83. The Balaban J connectivity index is 2.01. The van der Waals surface area contributed by atoms with Crippen LogP contribution in [0.3, 0.4) is 0 Å². The van der Waals surface area contributed by atoms with Crippen molar-refractivity contribution < 1.29 is 9.18 Å². The zero-order chi connectivity index (χ0) is 15.2. The SMILES string of the molecule is CC(=O)Nc1cccc(NC(C)Cc2ccccc2F)c1. The van der Waals surface area contributed by atoms with E-state index >= 15 is 0 Å². The highest BCUT2D eigenvalue weighted by Crippen LogP contribution is 2.17. The highest BCUT2D eigenvalue weighted by atomic mass is 19.1. The van der Waals surface area contributed by atoms with Gasteiger partial charge in [0, 0.05) is 24.3 Å². The van der Waals surface area contributed by atoms with Gasteiger partial charge in [-0.25, -0.2) is 4.39 Å². The number of anilines is 2. The van der Waals surface area contributed by atoms with Gasteiger partial charge in [0.15, 0.2) is 0 Å². The second-order valence-electron chi connectivity index (χ2n) is 5.10. The molecule has 3 nitrogen and oxygen atoms in total. The number of nitrogens with one attached hydrogen (secondary N) is 2. The van der Waals surface area contributed by atoms with Gasteiger partial charge in [-0.1, -0.05) is 24.3 Å². The van der Waals surface area contributed by atoms with Crippen molar-refractivity contribution in [1.29, 1.82) is 0 Å². The maximum Gasteiger partial charge on any atom is 0.221 e. The van der Waals surface area contributed by atoms with E-state index in [4.69, 9.17) is 0 Å². The van der Waals surface area contributed by atoms with Crippen molar-refractivity contribution in [2.24, 2.45) is 0 Å². The van der Waals surface area contributed by atoms with E-state index < -0.39 is 0 Å². The molecule has 4 heteroatoms. The van der Waals surface area contributed by atoms with Gasteiger partial charge < -0.3 is 10.6 Å². The van der Waals surface area contributed by atoms with Gasteiger partial charge >= 0.3 is 0 Å². The largest absolute Gasteiger partial charge is 0.382 e. The minimum Gasteiger partial charge on any atom is -0.382 e. The third-order valence-corrected chi connectivity index (χ3v) is 3.08. The quantitative estimate of drug-likeness (QED) is 0.877. The summed E-state index contributed by atoms with van der Waals surface area (Å²) in [6.07, 6.45) is 0.594. The second kappa shape index (κ2) is 6.88. The van der Waals surface area contributed by atoms with Gasteiger partial charge in [0.1, 0.15) is 5.82 Å². The number of rotatable bonds is 5. The smallest absolute Gasteiger partial charge is 0.221 e. The monoisotopic (exact) mass is 286 g/mol. The van der Waals surface area contributed by atoms with E-state index in [0.717, 1.165) is 11.4 Å². The summed E-state index contributed by atoms with van der Waals surface area (Å²) >= 11 is 0. The Morgan fingerprint density at radius 2 is 1.86 bits per heavy atom. The average molecular weight is 286 g/mol. The molecular formula is C17H19FN2O. The molecule has 1 atom stereocenters. The standard InChI is InChI=1S/C17H19FN2O/c1-12(10-14-6-3-4-9-17(14)18)19-15-7-5-8-16(11-15)20-13(2)21/h3-9,11-12,19H,10H2,1-2H3,(H,20,21). The van der Waals surface area contributed by atoms with Gasteiger partial charge in [0.05, 0.1) is 0 Å². The molecule has 21 heavy (non-hydrogen) atoms. The molecular weight excluding hydrogens is 267 g/mol. The highest BCUT2D eigenvalue weighted by molar-refractivity contribution is 5.89. The van der Waals surface area contributed by atoms with Crippen LogP contribution < -0.4 is 10.6 Å². The number of hydrogen-bond acceptors (Lipinski definition) is 2. The zero-order valence-electron chi connectivity index (χ0n) is 12.2. The first kappa shape index (κ1) is 15.0. The van der Waals surface area contributed by atoms with E-state index in [9.17, 15) is 9.18 Å². The summed E-state index contributed by atoms with van der Waals surface area (Å²) in [5.74, 6) is -0.287. The molecule has 110 valence electrons. The Morgan fingerprint density at radius 3 is 2.57 bits per heavy atom. The fourth-order valence-electron chi connectivity index (χ4n) is 2.22. The molecule has 1 unspecified atom stereocenters. The van der Waals surface area contributed by atoms with Crippen LogP contribution in [0.15, 0.2) is 48.5 Å². The molecule has 0 fully saturated rings. The second-order valence-corrected chi connectivity index (χ2v) is 5.10. The molecule has 0 heterocycles. The van der Waals surface area contributed by atoms with Crippen molar-refractivity contribution in [1.82, 2.24) is 0 Å². The van der Waals surface area contributed by atoms with Crippen LogP contribution in [-0.2, 0) is 11.2 Å². The minimum absolute atomic E-state index is 0.0782. The van der Waals surface area contributed by atoms with Crippen LogP contribution in [0, 0.1) is 5.82 Å². The van der Waals surface area contributed by atoms with E-state index in [1.807, 2.05) is 37.3 Å². The maximum absolute atomic E-state index is 13.6. The van der Waals surface area contributed by atoms with E-state index in [1.165, 1.54) is 13.0 Å². The lowest BCUT2D eigenvalue weighted by Crippen LogP contribution is -2.19. The number of carbonyl (C=O) groups is 1. The molecule has 0 spiro atoms. The van der Waals surface area contributed by atoms with Crippen LogP contribution in [-0.4, -0.2) is 11.9 Å². The first-order chi connectivity index (χ1) is 10.0. The van der Waals surface area contributed by atoms with Crippen LogP contribution in [0.25, 0.3) is 0 Å². The number of halogens is 1. The Morgan fingerprint density at radius 1 is 1.14 bits per heavy atom. The number of hydrogen-bond donors (Lipinski definition) is 2. The summed E-state index contributed by atoms with van der Waals surface area (Å²) in [7, 11) is 0. The molecule has 0 saturated heterocycles.